The van der Waals surface area contributed by atoms with Crippen LogP contribution in [0.5, 0.6) is 23.0 Å². The van der Waals surface area contributed by atoms with Crippen molar-refractivity contribution in [1.82, 2.24) is 10.2 Å². The van der Waals surface area contributed by atoms with Gasteiger partial charge in [0.25, 0.3) is 0 Å². The monoisotopic (exact) mass is 632 g/mol. The molecule has 0 aromatic heterocycles. The SMILES string of the molecule is CC[C@H]1CN2CCc3cc(OCc4ccccc4)c(OC)cc3[C@@H]2C[C@@H]1C[C@H]1NCCc2cc(OCc3ccccc3)c(OC)cc21. The van der Waals surface area contributed by atoms with Crippen molar-refractivity contribution < 1.29 is 18.9 Å². The van der Waals surface area contributed by atoms with Crippen molar-refractivity contribution in [3.05, 3.63) is 118 Å². The van der Waals surface area contributed by atoms with Gasteiger partial charge in [-0.1, -0.05) is 74.0 Å². The van der Waals surface area contributed by atoms with Gasteiger partial charge in [-0.3, -0.25) is 4.90 Å². The fourth-order valence-corrected chi connectivity index (χ4v) is 8.11. The topological polar surface area (TPSA) is 52.2 Å². The summed E-state index contributed by atoms with van der Waals surface area (Å²) in [5, 5.41) is 3.89. The van der Waals surface area contributed by atoms with Gasteiger partial charge >= 0.3 is 0 Å². The van der Waals surface area contributed by atoms with Gasteiger partial charge < -0.3 is 24.3 Å². The van der Waals surface area contributed by atoms with Crippen LogP contribution in [0.4, 0.5) is 0 Å². The highest BCUT2D eigenvalue weighted by atomic mass is 16.5. The molecule has 0 spiro atoms. The first kappa shape index (κ1) is 31.6. The zero-order chi connectivity index (χ0) is 32.2. The van der Waals surface area contributed by atoms with Gasteiger partial charge in [0.05, 0.1) is 14.2 Å². The molecule has 0 amide bonds. The van der Waals surface area contributed by atoms with E-state index in [-0.39, 0.29) is 0 Å². The molecule has 47 heavy (non-hydrogen) atoms. The first-order chi connectivity index (χ1) is 23.1. The molecular formula is C41H48N2O4. The van der Waals surface area contributed by atoms with Crippen molar-refractivity contribution in [2.24, 2.45) is 11.8 Å². The molecule has 1 fully saturated rings. The van der Waals surface area contributed by atoms with E-state index in [0.717, 1.165) is 79.4 Å². The first-order valence-electron chi connectivity index (χ1n) is 17.4. The van der Waals surface area contributed by atoms with Gasteiger partial charge in [-0.25, -0.2) is 0 Å². The number of piperidine rings is 1. The maximum absolute atomic E-state index is 6.30. The third-order valence-electron chi connectivity index (χ3n) is 10.7. The largest absolute Gasteiger partial charge is 0.493 e. The highest BCUT2D eigenvalue weighted by molar-refractivity contribution is 5.51. The Bertz CT molecular complexity index is 1640. The molecule has 3 aliphatic rings. The van der Waals surface area contributed by atoms with Gasteiger partial charge in [0.15, 0.2) is 23.0 Å². The van der Waals surface area contributed by atoms with E-state index in [1.54, 1.807) is 14.2 Å². The Morgan fingerprint density at radius 1 is 0.702 bits per heavy atom. The molecule has 246 valence electrons. The summed E-state index contributed by atoms with van der Waals surface area (Å²) in [4.78, 5) is 2.73. The molecule has 4 atom stereocenters. The standard InChI is InChI=1S/C41H48N2O4/c1-4-30-25-43-18-16-32-22-41(47-27-29-13-9-6-10-14-29)39(45-3)24-35(32)37(43)20-33(30)19-36-34-23-38(44-2)40(21-31(34)15-17-42-36)46-26-28-11-7-5-8-12-28/h5-14,21-24,30,33,36-37,42H,4,15-20,25-27H2,1-3H3/t30-,33-,36+,37-/m0/s1. The van der Waals surface area contributed by atoms with Crippen molar-refractivity contribution in [2.45, 2.75) is 64.3 Å². The Morgan fingerprint density at radius 3 is 1.89 bits per heavy atom. The summed E-state index contributed by atoms with van der Waals surface area (Å²) < 4.78 is 24.4. The molecule has 3 heterocycles. The summed E-state index contributed by atoms with van der Waals surface area (Å²) in [6.45, 7) is 6.66. The number of benzene rings is 4. The molecule has 6 nitrogen and oxygen atoms in total. The molecule has 0 radical (unpaired) electrons. The fraction of sp³-hybridized carbons (Fsp3) is 0.415. The van der Waals surface area contributed by atoms with E-state index in [4.69, 9.17) is 18.9 Å². The molecule has 0 bridgehead atoms. The maximum atomic E-state index is 6.30. The van der Waals surface area contributed by atoms with Gasteiger partial charge in [-0.15, -0.1) is 0 Å². The number of nitrogens with one attached hydrogen (secondary N) is 1. The lowest BCUT2D eigenvalue weighted by Gasteiger charge is -2.48. The van der Waals surface area contributed by atoms with Crippen LogP contribution in [0.1, 0.15) is 71.7 Å². The van der Waals surface area contributed by atoms with Crippen LogP contribution in [0.15, 0.2) is 84.9 Å². The summed E-state index contributed by atoms with van der Waals surface area (Å²) in [6.07, 6.45) is 5.52. The molecular weight excluding hydrogens is 584 g/mol. The summed E-state index contributed by atoms with van der Waals surface area (Å²) in [5.74, 6) is 4.59. The van der Waals surface area contributed by atoms with E-state index in [0.29, 0.717) is 37.1 Å². The second-order valence-electron chi connectivity index (χ2n) is 13.4. The van der Waals surface area contributed by atoms with Crippen molar-refractivity contribution in [3.8, 4) is 23.0 Å². The van der Waals surface area contributed by atoms with Gasteiger partial charge in [0.2, 0.25) is 0 Å². The Hall–Kier alpha value is -4.00. The Labute approximate surface area is 280 Å². The number of rotatable bonds is 11. The third-order valence-corrected chi connectivity index (χ3v) is 10.7. The molecule has 1 saturated heterocycles. The van der Waals surface area contributed by atoms with Gasteiger partial charge in [-0.05, 0) is 102 Å². The minimum atomic E-state index is 0.299. The molecule has 4 aromatic carbocycles. The van der Waals surface area contributed by atoms with Gasteiger partial charge in [-0.2, -0.15) is 0 Å². The Morgan fingerprint density at radius 2 is 1.30 bits per heavy atom. The molecule has 0 aliphatic carbocycles. The van der Waals surface area contributed by atoms with Crippen LogP contribution in [0, 0.1) is 11.8 Å². The molecule has 0 saturated carbocycles. The predicted molar refractivity (Wildman–Crippen MR) is 187 cm³/mol. The fourth-order valence-electron chi connectivity index (χ4n) is 8.11. The van der Waals surface area contributed by atoms with Crippen LogP contribution in [-0.2, 0) is 26.1 Å². The van der Waals surface area contributed by atoms with E-state index in [9.17, 15) is 0 Å². The number of nitrogens with zero attached hydrogens (tertiary/aromatic N) is 1. The summed E-state index contributed by atoms with van der Waals surface area (Å²) in [5.41, 5.74) is 7.87. The zero-order valence-corrected chi connectivity index (χ0v) is 28.0. The lowest BCUT2D eigenvalue weighted by Crippen LogP contribution is -2.46. The molecule has 4 aromatic rings. The van der Waals surface area contributed by atoms with E-state index in [2.05, 4.69) is 77.8 Å². The molecule has 1 N–H and O–H groups in total. The lowest BCUT2D eigenvalue weighted by atomic mass is 9.72. The second kappa shape index (κ2) is 14.4. The summed E-state index contributed by atoms with van der Waals surface area (Å²) >= 11 is 0. The van der Waals surface area contributed by atoms with E-state index in [1.165, 1.54) is 28.7 Å². The molecule has 3 aliphatic heterocycles. The average Bonchev–Trinajstić information content (AvgIpc) is 3.13. The minimum Gasteiger partial charge on any atom is -0.493 e. The minimum absolute atomic E-state index is 0.299. The van der Waals surface area contributed by atoms with Gasteiger partial charge in [0, 0.05) is 25.2 Å². The molecule has 0 unspecified atom stereocenters. The predicted octanol–water partition coefficient (Wildman–Crippen LogP) is 8.08. The third kappa shape index (κ3) is 6.86. The van der Waals surface area contributed by atoms with Crippen molar-refractivity contribution >= 4 is 0 Å². The van der Waals surface area contributed by atoms with E-state index in [1.807, 2.05) is 24.3 Å². The van der Waals surface area contributed by atoms with Crippen LogP contribution in [0.3, 0.4) is 0 Å². The van der Waals surface area contributed by atoms with Crippen molar-refractivity contribution in [1.29, 1.82) is 0 Å². The lowest BCUT2D eigenvalue weighted by molar-refractivity contribution is 0.0434. The van der Waals surface area contributed by atoms with Gasteiger partial charge in [0.1, 0.15) is 13.2 Å². The van der Waals surface area contributed by atoms with Crippen LogP contribution >= 0.6 is 0 Å². The summed E-state index contributed by atoms with van der Waals surface area (Å²) in [7, 11) is 3.51. The number of hydrogen-bond acceptors (Lipinski definition) is 6. The highest BCUT2D eigenvalue weighted by Gasteiger charge is 2.40. The highest BCUT2D eigenvalue weighted by Crippen LogP contribution is 2.48. The van der Waals surface area contributed by atoms with Crippen LogP contribution < -0.4 is 24.3 Å². The number of methoxy groups -OCH3 is 2. The second-order valence-corrected chi connectivity index (χ2v) is 13.4. The summed E-state index contributed by atoms with van der Waals surface area (Å²) in [6, 6.07) is 30.3. The van der Waals surface area contributed by atoms with Crippen LogP contribution in [0.2, 0.25) is 0 Å². The Balaban J connectivity index is 1.10. The van der Waals surface area contributed by atoms with E-state index >= 15 is 0 Å². The van der Waals surface area contributed by atoms with E-state index < -0.39 is 0 Å². The smallest absolute Gasteiger partial charge is 0.161 e. The normalized spacial score (nSPS) is 22.0. The van der Waals surface area contributed by atoms with Crippen LogP contribution in [0.25, 0.3) is 0 Å². The van der Waals surface area contributed by atoms with Crippen molar-refractivity contribution in [3.63, 3.8) is 0 Å². The average molecular weight is 633 g/mol. The molecule has 6 heteroatoms. The quantitative estimate of drug-likeness (QED) is 0.180. The number of hydrogen-bond donors (Lipinski definition) is 1. The van der Waals surface area contributed by atoms with Crippen molar-refractivity contribution in [2.75, 3.05) is 33.9 Å². The number of ether oxygens (including phenoxy) is 4. The number of fused-ring (bicyclic) bond motifs is 4. The first-order valence-corrected chi connectivity index (χ1v) is 17.4. The zero-order valence-electron chi connectivity index (χ0n) is 28.0. The molecule has 7 rings (SSSR count). The Kier molecular flexibility index (Phi) is 9.68. The van der Waals surface area contributed by atoms with Crippen LogP contribution in [-0.4, -0.2) is 38.8 Å². The maximum Gasteiger partial charge on any atom is 0.161 e.